The summed E-state index contributed by atoms with van der Waals surface area (Å²) in [6.45, 7) is 0.542. The second-order valence-electron chi connectivity index (χ2n) is 5.67. The molecule has 7 nitrogen and oxygen atoms in total. The van der Waals surface area contributed by atoms with E-state index in [9.17, 15) is 9.59 Å². The third-order valence-electron chi connectivity index (χ3n) is 3.78. The van der Waals surface area contributed by atoms with Crippen molar-refractivity contribution in [1.29, 1.82) is 0 Å². The zero-order chi connectivity index (χ0) is 19.2. The van der Waals surface area contributed by atoms with E-state index in [-0.39, 0.29) is 5.56 Å². The number of rotatable bonds is 5. The molecule has 2 aromatic carbocycles. The predicted molar refractivity (Wildman–Crippen MR) is 101 cm³/mol. The number of carbonyl (C=O) groups is 2. The lowest BCUT2D eigenvalue weighted by molar-refractivity contribution is 0.0845. The zero-order valence-electron chi connectivity index (χ0n) is 14.5. The minimum atomic E-state index is -0.542. The molecule has 0 atom stereocenters. The number of methoxy groups -OCH3 is 1. The highest BCUT2D eigenvalue weighted by Gasteiger charge is 2.15. The minimum Gasteiger partial charge on any atom is -0.496 e. The fourth-order valence-corrected chi connectivity index (χ4v) is 2.62. The summed E-state index contributed by atoms with van der Waals surface area (Å²) in [5.41, 5.74) is 6.30. The summed E-state index contributed by atoms with van der Waals surface area (Å²) in [5, 5.41) is 4.55. The van der Waals surface area contributed by atoms with Gasteiger partial charge < -0.3 is 4.74 Å². The van der Waals surface area contributed by atoms with Crippen LogP contribution in [0.5, 0.6) is 5.75 Å². The first kappa shape index (κ1) is 18.5. The van der Waals surface area contributed by atoms with Crippen molar-refractivity contribution in [2.75, 3.05) is 7.11 Å². The Kier molecular flexibility index (Phi) is 5.73. The van der Waals surface area contributed by atoms with Crippen LogP contribution in [0.1, 0.15) is 26.3 Å². The Balaban J connectivity index is 1.61. The van der Waals surface area contributed by atoms with Gasteiger partial charge in [-0.15, -0.1) is 0 Å². The number of nitrogens with one attached hydrogen (secondary N) is 2. The molecule has 0 saturated heterocycles. The molecular weight excluding hydrogens is 368 g/mol. The number of benzene rings is 2. The van der Waals surface area contributed by atoms with Crippen LogP contribution in [0, 0.1) is 0 Å². The molecule has 8 heteroatoms. The van der Waals surface area contributed by atoms with E-state index in [2.05, 4.69) is 16.0 Å². The monoisotopic (exact) mass is 384 g/mol. The Morgan fingerprint density at radius 2 is 1.85 bits per heavy atom. The van der Waals surface area contributed by atoms with E-state index in [0.717, 1.165) is 5.56 Å². The normalized spacial score (nSPS) is 10.3. The number of hydrogen-bond acceptors (Lipinski definition) is 4. The van der Waals surface area contributed by atoms with Crippen molar-refractivity contribution < 1.29 is 14.3 Å². The smallest absolute Gasteiger partial charge is 0.273 e. The highest BCUT2D eigenvalue weighted by molar-refractivity contribution is 6.31. The Labute approximate surface area is 160 Å². The van der Waals surface area contributed by atoms with Crippen LogP contribution in [0.3, 0.4) is 0 Å². The summed E-state index contributed by atoms with van der Waals surface area (Å²) in [4.78, 5) is 24.5. The first-order valence-electron chi connectivity index (χ1n) is 8.07. The Morgan fingerprint density at radius 1 is 1.11 bits per heavy atom. The maximum atomic E-state index is 12.3. The van der Waals surface area contributed by atoms with Crippen molar-refractivity contribution in [2.24, 2.45) is 0 Å². The van der Waals surface area contributed by atoms with Crippen molar-refractivity contribution in [3.63, 3.8) is 0 Å². The zero-order valence-corrected chi connectivity index (χ0v) is 15.2. The van der Waals surface area contributed by atoms with Gasteiger partial charge in [0.15, 0.2) is 0 Å². The van der Waals surface area contributed by atoms with Crippen LogP contribution in [0.25, 0.3) is 0 Å². The minimum absolute atomic E-state index is 0.213. The van der Waals surface area contributed by atoms with Crippen LogP contribution in [0.15, 0.2) is 60.9 Å². The molecule has 0 radical (unpaired) electrons. The molecule has 0 bridgehead atoms. The number of hydrogen-bond donors (Lipinski definition) is 2. The van der Waals surface area contributed by atoms with Gasteiger partial charge in [0, 0.05) is 11.2 Å². The van der Waals surface area contributed by atoms with Crippen LogP contribution in [-0.2, 0) is 6.54 Å². The first-order chi connectivity index (χ1) is 13.1. The van der Waals surface area contributed by atoms with Crippen LogP contribution < -0.4 is 15.6 Å². The van der Waals surface area contributed by atoms with Gasteiger partial charge in [-0.3, -0.25) is 25.1 Å². The Bertz CT molecular complexity index is 957. The van der Waals surface area contributed by atoms with Gasteiger partial charge >= 0.3 is 0 Å². The number of amides is 2. The number of nitrogens with zero attached hydrogens (tertiary/aromatic N) is 2. The lowest BCUT2D eigenvalue weighted by atomic mass is 10.2. The van der Waals surface area contributed by atoms with E-state index in [4.69, 9.17) is 16.3 Å². The number of carbonyl (C=O) groups excluding carboxylic acids is 2. The van der Waals surface area contributed by atoms with Crippen LogP contribution in [-0.4, -0.2) is 28.7 Å². The molecule has 0 fully saturated rings. The van der Waals surface area contributed by atoms with E-state index >= 15 is 0 Å². The number of ether oxygens (including phenoxy) is 1. The van der Waals surface area contributed by atoms with E-state index in [1.165, 1.54) is 19.4 Å². The quantitative estimate of drug-likeness (QED) is 0.662. The van der Waals surface area contributed by atoms with Gasteiger partial charge in [-0.1, -0.05) is 41.9 Å². The summed E-state index contributed by atoms with van der Waals surface area (Å²) < 4.78 is 6.77. The molecule has 1 heterocycles. The molecule has 3 aromatic rings. The molecule has 0 saturated carbocycles. The molecule has 0 spiro atoms. The molecule has 0 unspecified atom stereocenters. The van der Waals surface area contributed by atoms with Gasteiger partial charge in [0.05, 0.1) is 31.0 Å². The van der Waals surface area contributed by atoms with Gasteiger partial charge in [-0.2, -0.15) is 5.10 Å². The molecule has 138 valence electrons. The van der Waals surface area contributed by atoms with Crippen molar-refractivity contribution in [3.8, 4) is 5.75 Å². The highest BCUT2D eigenvalue weighted by atomic mass is 35.5. The number of halogens is 1. The summed E-state index contributed by atoms with van der Waals surface area (Å²) in [6, 6.07) is 14.4. The molecule has 3 rings (SSSR count). The second kappa shape index (κ2) is 8.37. The summed E-state index contributed by atoms with van der Waals surface area (Å²) >= 11 is 5.91. The lowest BCUT2D eigenvalue weighted by Crippen LogP contribution is -2.41. The molecule has 1 aromatic heterocycles. The van der Waals surface area contributed by atoms with Crippen molar-refractivity contribution in [3.05, 3.63) is 82.6 Å². The van der Waals surface area contributed by atoms with Gasteiger partial charge in [0.25, 0.3) is 11.8 Å². The number of hydrazine groups is 1. The van der Waals surface area contributed by atoms with Crippen LogP contribution in [0.4, 0.5) is 0 Å². The number of aromatic nitrogens is 2. The summed E-state index contributed by atoms with van der Waals surface area (Å²) in [5.74, 6) is -0.676. The molecule has 27 heavy (non-hydrogen) atoms. The predicted octanol–water partition coefficient (Wildman–Crippen LogP) is 2.67. The average Bonchev–Trinajstić information content (AvgIpc) is 3.15. The molecule has 0 aliphatic carbocycles. The van der Waals surface area contributed by atoms with Crippen molar-refractivity contribution in [1.82, 2.24) is 20.6 Å². The fourth-order valence-electron chi connectivity index (χ4n) is 2.45. The van der Waals surface area contributed by atoms with Crippen molar-refractivity contribution >= 4 is 23.4 Å². The highest BCUT2D eigenvalue weighted by Crippen LogP contribution is 2.22. The van der Waals surface area contributed by atoms with Gasteiger partial charge in [0.2, 0.25) is 0 Å². The summed E-state index contributed by atoms with van der Waals surface area (Å²) in [6.07, 6.45) is 3.04. The molecule has 0 aliphatic rings. The van der Waals surface area contributed by atoms with Gasteiger partial charge in [-0.05, 0) is 23.8 Å². The third-order valence-corrected chi connectivity index (χ3v) is 4.01. The topological polar surface area (TPSA) is 85.2 Å². The van der Waals surface area contributed by atoms with Crippen molar-refractivity contribution in [2.45, 2.75) is 6.54 Å². The largest absolute Gasteiger partial charge is 0.496 e. The summed E-state index contributed by atoms with van der Waals surface area (Å²) in [7, 11) is 1.44. The maximum absolute atomic E-state index is 12.3. The van der Waals surface area contributed by atoms with Crippen LogP contribution >= 0.6 is 11.6 Å². The van der Waals surface area contributed by atoms with E-state index in [1.807, 2.05) is 30.3 Å². The maximum Gasteiger partial charge on any atom is 0.273 e. The lowest BCUT2D eigenvalue weighted by Gasteiger charge is -2.10. The fraction of sp³-hybridized carbons (Fsp3) is 0.105. The van der Waals surface area contributed by atoms with Crippen LogP contribution in [0.2, 0.25) is 5.02 Å². The third kappa shape index (κ3) is 4.65. The molecule has 0 aliphatic heterocycles. The molecule has 2 amide bonds. The van der Waals surface area contributed by atoms with E-state index < -0.39 is 11.8 Å². The Morgan fingerprint density at radius 3 is 2.59 bits per heavy atom. The first-order valence-corrected chi connectivity index (χ1v) is 8.45. The second-order valence-corrected chi connectivity index (χ2v) is 6.10. The molecular formula is C19H17ClN4O3. The van der Waals surface area contributed by atoms with Gasteiger partial charge in [0.1, 0.15) is 5.75 Å². The molecule has 2 N–H and O–H groups in total. The average molecular weight is 385 g/mol. The SMILES string of the molecule is COc1ccc(Cl)cc1C(=O)NNC(=O)c1cnn(Cc2ccccc2)c1. The van der Waals surface area contributed by atoms with E-state index in [0.29, 0.717) is 22.9 Å². The standard InChI is InChI=1S/C19H17ClN4O3/c1-27-17-8-7-15(20)9-16(17)19(26)23-22-18(25)14-10-21-24(12-14)11-13-5-3-2-4-6-13/h2-10,12H,11H2,1H3,(H,22,25)(H,23,26). The van der Waals surface area contributed by atoms with E-state index in [1.54, 1.807) is 23.0 Å². The Hall–Kier alpha value is -3.32. The van der Waals surface area contributed by atoms with Gasteiger partial charge in [-0.25, -0.2) is 0 Å².